The molecule has 0 saturated heterocycles. The van der Waals surface area contributed by atoms with Crippen LogP contribution in [-0.2, 0) is 22.4 Å². The van der Waals surface area contributed by atoms with Crippen LogP contribution in [0.2, 0.25) is 0 Å². The van der Waals surface area contributed by atoms with E-state index < -0.39 is 22.4 Å². The minimum atomic E-state index is -0.942. The molecule has 0 fully saturated rings. The van der Waals surface area contributed by atoms with Crippen molar-refractivity contribution < 1.29 is 9.11 Å². The summed E-state index contributed by atoms with van der Waals surface area (Å²) in [5, 5.41) is -0.106. The Kier molecular flexibility index (Phi) is 5.56. The average Bonchev–Trinajstić information content (AvgIpc) is 1.81. The summed E-state index contributed by atoms with van der Waals surface area (Å²) in [6.07, 6.45) is 3.18. The molecule has 2 N–H and O–H groups in total. The maximum absolute atomic E-state index is 10.8. The third-order valence-corrected chi connectivity index (χ3v) is 3.53. The highest BCUT2D eigenvalue weighted by molar-refractivity contribution is 7.94. The second kappa shape index (κ2) is 5.26. The van der Waals surface area contributed by atoms with Crippen molar-refractivity contribution in [1.82, 2.24) is 0 Å². The zero-order valence-electron chi connectivity index (χ0n) is 6.20. The molecule has 3 atom stereocenters. The molecule has 0 aromatic heterocycles. The van der Waals surface area contributed by atoms with Crippen LogP contribution in [0.15, 0.2) is 0 Å². The maximum Gasteiger partial charge on any atom is 0.171 e. The maximum atomic E-state index is 10.8. The predicted octanol–water partition coefficient (Wildman–Crippen LogP) is -0.929. The molecule has 0 spiro atoms. The van der Waals surface area contributed by atoms with Crippen molar-refractivity contribution in [3.8, 4) is 0 Å². The SMILES string of the molecule is C[S+]([O-])CC(CN)[S+](C)[O-]. The first-order valence-corrected chi connectivity index (χ1v) is 6.25. The normalized spacial score (nSPS) is 20.1. The third-order valence-electron chi connectivity index (χ3n) is 1.15. The van der Waals surface area contributed by atoms with Gasteiger partial charge in [0, 0.05) is 6.54 Å². The van der Waals surface area contributed by atoms with Crippen molar-refractivity contribution in [3.05, 3.63) is 0 Å². The van der Waals surface area contributed by atoms with Gasteiger partial charge in [0.15, 0.2) is 11.0 Å². The molecular weight excluding hydrogens is 170 g/mol. The molecule has 5 heteroatoms. The molecule has 0 bridgehead atoms. The fourth-order valence-corrected chi connectivity index (χ4v) is 2.83. The highest BCUT2D eigenvalue weighted by Crippen LogP contribution is 2.00. The van der Waals surface area contributed by atoms with Crippen LogP contribution in [0, 0.1) is 0 Å². The van der Waals surface area contributed by atoms with E-state index in [-0.39, 0.29) is 5.25 Å². The summed E-state index contributed by atoms with van der Waals surface area (Å²) in [4.78, 5) is 0. The molecule has 0 amide bonds. The lowest BCUT2D eigenvalue weighted by molar-refractivity contribution is 0.580. The van der Waals surface area contributed by atoms with Crippen LogP contribution in [0.5, 0.6) is 0 Å². The van der Waals surface area contributed by atoms with Gasteiger partial charge in [0.1, 0.15) is 0 Å². The summed E-state index contributed by atoms with van der Waals surface area (Å²) in [6.45, 7) is 0.350. The minimum absolute atomic E-state index is 0.106. The van der Waals surface area contributed by atoms with Crippen LogP contribution in [0.25, 0.3) is 0 Å². The first-order valence-electron chi connectivity index (χ1n) is 2.90. The molecule has 10 heavy (non-hydrogen) atoms. The molecule has 0 radical (unpaired) electrons. The van der Waals surface area contributed by atoms with Crippen LogP contribution in [0.1, 0.15) is 0 Å². The number of hydrogen-bond donors (Lipinski definition) is 1. The second-order valence-corrected chi connectivity index (χ2v) is 5.24. The fourth-order valence-electron chi connectivity index (χ4n) is 0.561. The fraction of sp³-hybridized carbons (Fsp3) is 1.00. The first kappa shape index (κ1) is 10.6. The Morgan fingerprint density at radius 1 is 1.40 bits per heavy atom. The van der Waals surface area contributed by atoms with E-state index in [1.54, 1.807) is 12.5 Å². The van der Waals surface area contributed by atoms with E-state index in [1.807, 2.05) is 0 Å². The zero-order chi connectivity index (χ0) is 8.15. The van der Waals surface area contributed by atoms with Crippen LogP contribution in [0.3, 0.4) is 0 Å². The molecule has 3 nitrogen and oxygen atoms in total. The van der Waals surface area contributed by atoms with Crippen LogP contribution in [-0.4, -0.2) is 39.2 Å². The van der Waals surface area contributed by atoms with E-state index in [9.17, 15) is 9.11 Å². The second-order valence-electron chi connectivity index (χ2n) is 2.10. The zero-order valence-corrected chi connectivity index (χ0v) is 7.83. The quantitative estimate of drug-likeness (QED) is 0.572. The highest BCUT2D eigenvalue weighted by Gasteiger charge is 2.20. The molecule has 0 aliphatic rings. The standard InChI is InChI=1S/C5H13NO2S2/c1-9(7)4-5(3-6)10(2)8/h5H,3-4,6H2,1-2H3. The lowest BCUT2D eigenvalue weighted by atomic mass is 10.5. The topological polar surface area (TPSA) is 72.1 Å². The van der Waals surface area contributed by atoms with Crippen molar-refractivity contribution in [3.63, 3.8) is 0 Å². The molecular formula is C5H13NO2S2. The summed E-state index contributed by atoms with van der Waals surface area (Å²) < 4.78 is 21.4. The predicted molar refractivity (Wildman–Crippen MR) is 45.8 cm³/mol. The van der Waals surface area contributed by atoms with Crippen molar-refractivity contribution in [2.24, 2.45) is 5.73 Å². The molecule has 0 aromatic rings. The van der Waals surface area contributed by atoms with Crippen LogP contribution < -0.4 is 5.73 Å². The highest BCUT2D eigenvalue weighted by atomic mass is 32.2. The molecule has 0 rings (SSSR count). The average molecular weight is 183 g/mol. The van der Waals surface area contributed by atoms with E-state index in [4.69, 9.17) is 5.73 Å². The van der Waals surface area contributed by atoms with Gasteiger partial charge < -0.3 is 14.8 Å². The largest absolute Gasteiger partial charge is 0.616 e. The van der Waals surface area contributed by atoms with Crippen molar-refractivity contribution in [1.29, 1.82) is 0 Å². The summed E-state index contributed by atoms with van der Waals surface area (Å²) in [5.41, 5.74) is 5.29. The summed E-state index contributed by atoms with van der Waals surface area (Å²) in [5.74, 6) is 0.444. The molecule has 0 saturated carbocycles. The van der Waals surface area contributed by atoms with E-state index in [0.717, 1.165) is 0 Å². The Labute approximate surface area is 67.7 Å². The Hall–Kier alpha value is 0.580. The molecule has 62 valence electrons. The summed E-state index contributed by atoms with van der Waals surface area (Å²) >= 11 is -1.83. The summed E-state index contributed by atoms with van der Waals surface area (Å²) in [7, 11) is 0. The van der Waals surface area contributed by atoms with Gasteiger partial charge in [-0.15, -0.1) is 0 Å². The first-order chi connectivity index (χ1) is 4.57. The third kappa shape index (κ3) is 4.40. The minimum Gasteiger partial charge on any atom is -0.616 e. The lowest BCUT2D eigenvalue weighted by Crippen LogP contribution is -2.35. The van der Waals surface area contributed by atoms with E-state index in [2.05, 4.69) is 0 Å². The van der Waals surface area contributed by atoms with E-state index in [0.29, 0.717) is 12.3 Å². The molecule has 0 aliphatic carbocycles. The number of rotatable bonds is 4. The number of hydrogen-bond acceptors (Lipinski definition) is 3. The molecule has 0 aromatic carbocycles. The van der Waals surface area contributed by atoms with Crippen molar-refractivity contribution in [2.75, 3.05) is 24.8 Å². The van der Waals surface area contributed by atoms with E-state index >= 15 is 0 Å². The Bertz CT molecular complexity index is 89.7. The Morgan fingerprint density at radius 3 is 2.00 bits per heavy atom. The lowest BCUT2D eigenvalue weighted by Gasteiger charge is -2.16. The van der Waals surface area contributed by atoms with Gasteiger partial charge in [-0.05, 0) is 11.2 Å². The molecule has 0 heterocycles. The van der Waals surface area contributed by atoms with Gasteiger partial charge in [-0.1, -0.05) is 11.2 Å². The number of nitrogens with two attached hydrogens (primary N) is 1. The summed E-state index contributed by atoms with van der Waals surface area (Å²) in [6, 6.07) is 0. The van der Waals surface area contributed by atoms with Crippen LogP contribution >= 0.6 is 0 Å². The van der Waals surface area contributed by atoms with Gasteiger partial charge in [-0.25, -0.2) is 0 Å². The van der Waals surface area contributed by atoms with Gasteiger partial charge in [-0.3, -0.25) is 0 Å². The van der Waals surface area contributed by atoms with Crippen molar-refractivity contribution in [2.45, 2.75) is 5.25 Å². The van der Waals surface area contributed by atoms with Gasteiger partial charge in [0.05, 0.1) is 12.5 Å². The Balaban J connectivity index is 3.60. The van der Waals surface area contributed by atoms with E-state index in [1.165, 1.54) is 0 Å². The molecule has 3 unspecified atom stereocenters. The molecule has 0 aliphatic heterocycles. The van der Waals surface area contributed by atoms with Crippen LogP contribution in [0.4, 0.5) is 0 Å². The van der Waals surface area contributed by atoms with Gasteiger partial charge in [0.2, 0.25) is 0 Å². The van der Waals surface area contributed by atoms with Gasteiger partial charge in [-0.2, -0.15) is 0 Å². The van der Waals surface area contributed by atoms with Gasteiger partial charge in [0.25, 0.3) is 0 Å². The Morgan fingerprint density at radius 2 is 1.90 bits per heavy atom. The monoisotopic (exact) mass is 183 g/mol. The van der Waals surface area contributed by atoms with Crippen molar-refractivity contribution >= 4 is 22.4 Å². The van der Waals surface area contributed by atoms with Gasteiger partial charge >= 0.3 is 0 Å². The smallest absolute Gasteiger partial charge is 0.171 e.